The number of aryl methyl sites for hydroxylation is 2. The summed E-state index contributed by atoms with van der Waals surface area (Å²) in [6, 6.07) is 8.78. The smallest absolute Gasteiger partial charge is 0.241 e. The first-order chi connectivity index (χ1) is 9.66. The van der Waals surface area contributed by atoms with E-state index in [1.807, 2.05) is 49.8 Å². The van der Waals surface area contributed by atoms with Crippen LogP contribution in [0.3, 0.4) is 0 Å². The average molecular weight is 309 g/mol. The Balaban J connectivity index is 0.00000220. The van der Waals surface area contributed by atoms with Crippen LogP contribution in [0.4, 0.5) is 0 Å². The molecule has 0 radical (unpaired) electrons. The van der Waals surface area contributed by atoms with E-state index in [1.165, 1.54) is 5.56 Å². The number of rotatable bonds is 6. The van der Waals surface area contributed by atoms with Gasteiger partial charge in [-0.05, 0) is 24.0 Å². The van der Waals surface area contributed by atoms with E-state index >= 15 is 0 Å². The number of carbonyl (C=O) groups is 1. The Bertz CT molecular complexity index is 556. The zero-order valence-electron chi connectivity index (χ0n) is 12.0. The molecule has 0 aliphatic rings. The molecule has 1 unspecified atom stereocenters. The Hall–Kier alpha value is -1.85. The van der Waals surface area contributed by atoms with Gasteiger partial charge in [0.05, 0.1) is 6.20 Å². The summed E-state index contributed by atoms with van der Waals surface area (Å²) >= 11 is 0. The van der Waals surface area contributed by atoms with Crippen molar-refractivity contribution < 1.29 is 4.79 Å². The molecule has 0 bridgehead atoms. The fraction of sp³-hybridized carbons (Fsp3) is 0.333. The summed E-state index contributed by atoms with van der Waals surface area (Å²) in [6.07, 6.45) is 5.60. The van der Waals surface area contributed by atoms with Crippen LogP contribution in [0.15, 0.2) is 42.7 Å². The van der Waals surface area contributed by atoms with E-state index in [1.54, 1.807) is 4.68 Å². The molecule has 3 N–H and O–H groups in total. The van der Waals surface area contributed by atoms with E-state index in [9.17, 15) is 4.79 Å². The Morgan fingerprint density at radius 2 is 2.10 bits per heavy atom. The first kappa shape index (κ1) is 17.2. The van der Waals surface area contributed by atoms with Gasteiger partial charge < -0.3 is 11.1 Å². The lowest BCUT2D eigenvalue weighted by atomic mass is 10.1. The van der Waals surface area contributed by atoms with E-state index in [0.29, 0.717) is 6.54 Å². The molecule has 1 atom stereocenters. The van der Waals surface area contributed by atoms with E-state index in [2.05, 4.69) is 10.4 Å². The predicted molar refractivity (Wildman–Crippen MR) is 85.2 cm³/mol. The van der Waals surface area contributed by atoms with E-state index in [0.717, 1.165) is 18.4 Å². The summed E-state index contributed by atoms with van der Waals surface area (Å²) in [7, 11) is 1.89. The van der Waals surface area contributed by atoms with Crippen LogP contribution in [0.25, 0.3) is 0 Å². The molecule has 2 rings (SSSR count). The molecule has 1 aromatic carbocycles. The van der Waals surface area contributed by atoms with Gasteiger partial charge in [-0.15, -0.1) is 12.4 Å². The highest BCUT2D eigenvalue weighted by Gasteiger charge is 2.14. The molecule has 0 aliphatic carbocycles. The molecule has 1 heterocycles. The van der Waals surface area contributed by atoms with Crippen molar-refractivity contribution in [2.24, 2.45) is 12.8 Å². The zero-order chi connectivity index (χ0) is 14.4. The van der Waals surface area contributed by atoms with Crippen LogP contribution in [0.2, 0.25) is 0 Å². The average Bonchev–Trinajstić information content (AvgIpc) is 2.89. The number of nitrogens with one attached hydrogen (secondary N) is 1. The largest absolute Gasteiger partial charge is 0.354 e. The molecule has 0 aliphatic heterocycles. The summed E-state index contributed by atoms with van der Waals surface area (Å²) < 4.78 is 1.78. The minimum atomic E-state index is -0.602. The van der Waals surface area contributed by atoms with Gasteiger partial charge in [-0.2, -0.15) is 5.10 Å². The van der Waals surface area contributed by atoms with Crippen LogP contribution in [0, 0.1) is 0 Å². The number of aromatic nitrogens is 2. The van der Waals surface area contributed by atoms with Gasteiger partial charge in [0.2, 0.25) is 5.91 Å². The fourth-order valence-electron chi connectivity index (χ4n) is 2.03. The van der Waals surface area contributed by atoms with Gasteiger partial charge in [-0.25, -0.2) is 0 Å². The molecule has 5 nitrogen and oxygen atoms in total. The standard InChI is InChI=1S/C15H20N4O.ClH/c1-19-11-12(10-18-19)6-5-9-17-15(20)14(16)13-7-3-2-4-8-13;/h2-4,7-8,10-11,14H,5-6,9,16H2,1H3,(H,17,20);1H. The van der Waals surface area contributed by atoms with Gasteiger partial charge in [0, 0.05) is 19.8 Å². The Labute approximate surface area is 130 Å². The second kappa shape index (κ2) is 8.44. The summed E-state index contributed by atoms with van der Waals surface area (Å²) in [5.74, 6) is -0.137. The van der Waals surface area contributed by atoms with Gasteiger partial charge in [-0.1, -0.05) is 30.3 Å². The lowest BCUT2D eigenvalue weighted by Crippen LogP contribution is -2.34. The second-order valence-corrected chi connectivity index (χ2v) is 4.81. The molecular formula is C15H21ClN4O. The van der Waals surface area contributed by atoms with Crippen molar-refractivity contribution in [3.05, 3.63) is 53.9 Å². The number of benzene rings is 1. The second-order valence-electron chi connectivity index (χ2n) is 4.81. The van der Waals surface area contributed by atoms with Gasteiger partial charge in [0.25, 0.3) is 0 Å². The zero-order valence-corrected chi connectivity index (χ0v) is 12.8. The topological polar surface area (TPSA) is 72.9 Å². The highest BCUT2D eigenvalue weighted by atomic mass is 35.5. The molecule has 21 heavy (non-hydrogen) atoms. The van der Waals surface area contributed by atoms with Crippen molar-refractivity contribution >= 4 is 18.3 Å². The summed E-state index contributed by atoms with van der Waals surface area (Å²) in [5, 5.41) is 6.97. The van der Waals surface area contributed by atoms with Crippen molar-refractivity contribution in [3.8, 4) is 0 Å². The summed E-state index contributed by atoms with van der Waals surface area (Å²) in [4.78, 5) is 11.9. The number of halogens is 1. The molecule has 0 fully saturated rings. The Morgan fingerprint density at radius 3 is 2.71 bits per heavy atom. The molecule has 0 saturated heterocycles. The summed E-state index contributed by atoms with van der Waals surface area (Å²) in [5.41, 5.74) is 7.92. The molecule has 1 aromatic heterocycles. The van der Waals surface area contributed by atoms with Crippen LogP contribution in [0.1, 0.15) is 23.6 Å². The van der Waals surface area contributed by atoms with Gasteiger partial charge >= 0.3 is 0 Å². The molecule has 2 aromatic rings. The maximum Gasteiger partial charge on any atom is 0.241 e. The van der Waals surface area contributed by atoms with Gasteiger partial charge in [-0.3, -0.25) is 9.48 Å². The van der Waals surface area contributed by atoms with E-state index in [-0.39, 0.29) is 18.3 Å². The lowest BCUT2D eigenvalue weighted by Gasteiger charge is -2.12. The maximum absolute atomic E-state index is 11.9. The third kappa shape index (κ3) is 5.21. The molecule has 114 valence electrons. The fourth-order valence-corrected chi connectivity index (χ4v) is 2.03. The van der Waals surface area contributed by atoms with Gasteiger partial charge in [0.15, 0.2) is 0 Å². The van der Waals surface area contributed by atoms with Crippen molar-refractivity contribution in [1.82, 2.24) is 15.1 Å². The third-order valence-electron chi connectivity index (χ3n) is 3.14. The maximum atomic E-state index is 11.9. The molecular weight excluding hydrogens is 288 g/mol. The first-order valence-electron chi connectivity index (χ1n) is 6.72. The number of carbonyl (C=O) groups excluding carboxylic acids is 1. The lowest BCUT2D eigenvalue weighted by molar-refractivity contribution is -0.122. The minimum Gasteiger partial charge on any atom is -0.354 e. The molecule has 0 spiro atoms. The van der Waals surface area contributed by atoms with Gasteiger partial charge in [0.1, 0.15) is 6.04 Å². The predicted octanol–water partition coefficient (Wildman–Crippen LogP) is 1.59. The van der Waals surface area contributed by atoms with Crippen LogP contribution in [-0.2, 0) is 18.3 Å². The number of hydrogen-bond donors (Lipinski definition) is 2. The van der Waals surface area contributed by atoms with Crippen molar-refractivity contribution in [3.63, 3.8) is 0 Å². The third-order valence-corrected chi connectivity index (χ3v) is 3.14. The van der Waals surface area contributed by atoms with Crippen molar-refractivity contribution in [2.75, 3.05) is 6.54 Å². The Morgan fingerprint density at radius 1 is 1.38 bits per heavy atom. The summed E-state index contributed by atoms with van der Waals surface area (Å²) in [6.45, 7) is 0.619. The molecule has 0 saturated carbocycles. The number of nitrogens with two attached hydrogens (primary N) is 1. The van der Waals surface area contributed by atoms with Crippen molar-refractivity contribution in [2.45, 2.75) is 18.9 Å². The minimum absolute atomic E-state index is 0. The molecule has 1 amide bonds. The number of amides is 1. The normalized spacial score (nSPS) is 11.5. The first-order valence-corrected chi connectivity index (χ1v) is 6.72. The van der Waals surface area contributed by atoms with Crippen LogP contribution in [-0.4, -0.2) is 22.2 Å². The van der Waals surface area contributed by atoms with Crippen LogP contribution in [0.5, 0.6) is 0 Å². The van der Waals surface area contributed by atoms with Crippen LogP contribution >= 0.6 is 12.4 Å². The quantitative estimate of drug-likeness (QED) is 0.796. The highest BCUT2D eigenvalue weighted by molar-refractivity contribution is 5.85. The number of nitrogens with zero attached hydrogens (tertiary/aromatic N) is 2. The number of hydrogen-bond acceptors (Lipinski definition) is 3. The SMILES string of the molecule is Cl.Cn1cc(CCCNC(=O)C(N)c2ccccc2)cn1. The Kier molecular flexibility index (Phi) is 6.91. The van der Waals surface area contributed by atoms with Crippen LogP contribution < -0.4 is 11.1 Å². The van der Waals surface area contributed by atoms with E-state index < -0.39 is 6.04 Å². The van der Waals surface area contributed by atoms with E-state index in [4.69, 9.17) is 5.73 Å². The monoisotopic (exact) mass is 308 g/mol. The van der Waals surface area contributed by atoms with Crippen molar-refractivity contribution in [1.29, 1.82) is 0 Å². The molecule has 6 heteroatoms. The highest BCUT2D eigenvalue weighted by Crippen LogP contribution is 2.09.